The molecule has 3 nitrogen and oxygen atoms in total. The van der Waals surface area contributed by atoms with Gasteiger partial charge in [-0.3, -0.25) is 4.98 Å². The predicted molar refractivity (Wildman–Crippen MR) is 75.5 cm³/mol. The fraction of sp³-hybridized carbons (Fsp3) is 0.267. The van der Waals surface area contributed by atoms with Crippen molar-refractivity contribution in [1.82, 2.24) is 4.98 Å². The third-order valence-corrected chi connectivity index (χ3v) is 3.09. The van der Waals surface area contributed by atoms with Crippen molar-refractivity contribution in [1.29, 1.82) is 0 Å². The summed E-state index contributed by atoms with van der Waals surface area (Å²) in [6, 6.07) is 12.5. The van der Waals surface area contributed by atoms with Crippen LogP contribution in [0.5, 0.6) is 0 Å². The molecule has 0 amide bonds. The summed E-state index contributed by atoms with van der Waals surface area (Å²) in [4.78, 5) is 6.34. The van der Waals surface area contributed by atoms with E-state index in [-0.39, 0.29) is 0 Å². The average molecular weight is 241 g/mol. The van der Waals surface area contributed by atoms with E-state index < -0.39 is 0 Å². The first-order valence-corrected chi connectivity index (χ1v) is 6.19. The van der Waals surface area contributed by atoms with Gasteiger partial charge in [0, 0.05) is 43.8 Å². The van der Waals surface area contributed by atoms with Crippen LogP contribution in [0.25, 0.3) is 0 Å². The van der Waals surface area contributed by atoms with E-state index >= 15 is 0 Å². The van der Waals surface area contributed by atoms with E-state index in [0.29, 0.717) is 6.54 Å². The average Bonchev–Trinajstić information content (AvgIpc) is 2.45. The highest BCUT2D eigenvalue weighted by Crippen LogP contribution is 2.17. The molecule has 0 unspecified atom stereocenters. The molecule has 0 aliphatic heterocycles. The molecule has 2 N–H and O–H groups in total. The molecule has 0 atom stereocenters. The Balaban J connectivity index is 2.01. The molecule has 2 rings (SSSR count). The summed E-state index contributed by atoms with van der Waals surface area (Å²) in [6.45, 7) is 1.50. The smallest absolute Gasteiger partial charge is 0.0440 e. The first-order valence-electron chi connectivity index (χ1n) is 6.19. The van der Waals surface area contributed by atoms with Crippen molar-refractivity contribution >= 4 is 5.69 Å². The number of nitrogens with two attached hydrogens (primary N) is 1. The maximum atomic E-state index is 5.73. The molecule has 0 radical (unpaired) electrons. The summed E-state index contributed by atoms with van der Waals surface area (Å²) in [6.07, 6.45) is 4.69. The molecule has 0 spiro atoms. The van der Waals surface area contributed by atoms with Crippen molar-refractivity contribution in [2.75, 3.05) is 18.5 Å². The van der Waals surface area contributed by atoms with E-state index in [4.69, 9.17) is 5.73 Å². The maximum Gasteiger partial charge on any atom is 0.0440 e. The first kappa shape index (κ1) is 12.6. The van der Waals surface area contributed by atoms with Crippen LogP contribution in [0.2, 0.25) is 0 Å². The number of nitrogens with zero attached hydrogens (tertiary/aromatic N) is 2. The standard InChI is InChI=1S/C15H19N3/c1-18(10-8-13-5-3-2-4-6-13)15-7-9-17-12-14(15)11-16/h2-7,9,12H,8,10-11,16H2,1H3. The van der Waals surface area contributed by atoms with Gasteiger partial charge >= 0.3 is 0 Å². The lowest BCUT2D eigenvalue weighted by atomic mass is 10.1. The second kappa shape index (κ2) is 6.17. The second-order valence-corrected chi connectivity index (χ2v) is 4.37. The van der Waals surface area contributed by atoms with E-state index in [1.54, 1.807) is 0 Å². The van der Waals surface area contributed by atoms with Crippen LogP contribution < -0.4 is 10.6 Å². The number of hydrogen-bond acceptors (Lipinski definition) is 3. The molecular formula is C15H19N3. The van der Waals surface area contributed by atoms with Crippen LogP contribution in [-0.4, -0.2) is 18.6 Å². The Labute approximate surface area is 108 Å². The molecule has 0 aliphatic carbocycles. The predicted octanol–water partition coefficient (Wildman–Crippen LogP) is 2.22. The van der Waals surface area contributed by atoms with Gasteiger partial charge in [0.2, 0.25) is 0 Å². The van der Waals surface area contributed by atoms with Gasteiger partial charge in [0.25, 0.3) is 0 Å². The molecular weight excluding hydrogens is 222 g/mol. The van der Waals surface area contributed by atoms with Gasteiger partial charge in [-0.15, -0.1) is 0 Å². The highest BCUT2D eigenvalue weighted by molar-refractivity contribution is 5.51. The Morgan fingerprint density at radius 3 is 2.67 bits per heavy atom. The molecule has 0 saturated heterocycles. The van der Waals surface area contributed by atoms with Crippen LogP contribution in [0.3, 0.4) is 0 Å². The van der Waals surface area contributed by atoms with E-state index in [2.05, 4.69) is 41.2 Å². The Kier molecular flexibility index (Phi) is 4.31. The second-order valence-electron chi connectivity index (χ2n) is 4.37. The molecule has 0 bridgehead atoms. The third-order valence-electron chi connectivity index (χ3n) is 3.09. The molecule has 1 aromatic heterocycles. The van der Waals surface area contributed by atoms with E-state index in [9.17, 15) is 0 Å². The Morgan fingerprint density at radius 2 is 1.94 bits per heavy atom. The van der Waals surface area contributed by atoms with Crippen LogP contribution in [0.4, 0.5) is 5.69 Å². The molecule has 18 heavy (non-hydrogen) atoms. The van der Waals surface area contributed by atoms with Crippen molar-refractivity contribution in [3.63, 3.8) is 0 Å². The Bertz CT molecular complexity index is 482. The summed E-state index contributed by atoms with van der Waals surface area (Å²) < 4.78 is 0. The number of likely N-dealkylation sites (N-methyl/N-ethyl adjacent to an activating group) is 1. The zero-order chi connectivity index (χ0) is 12.8. The van der Waals surface area contributed by atoms with E-state index in [0.717, 1.165) is 18.5 Å². The van der Waals surface area contributed by atoms with Gasteiger partial charge in [0.05, 0.1) is 0 Å². The van der Waals surface area contributed by atoms with Gasteiger partial charge in [-0.25, -0.2) is 0 Å². The van der Waals surface area contributed by atoms with Crippen molar-refractivity contribution in [3.8, 4) is 0 Å². The lowest BCUT2D eigenvalue weighted by Gasteiger charge is -2.21. The van der Waals surface area contributed by atoms with Gasteiger partial charge in [0.15, 0.2) is 0 Å². The molecule has 2 aromatic rings. The minimum Gasteiger partial charge on any atom is -0.374 e. The molecule has 0 aliphatic rings. The van der Waals surface area contributed by atoms with Crippen molar-refractivity contribution in [2.24, 2.45) is 5.73 Å². The molecule has 94 valence electrons. The van der Waals surface area contributed by atoms with Crippen molar-refractivity contribution in [3.05, 3.63) is 59.9 Å². The van der Waals surface area contributed by atoms with Gasteiger partial charge in [-0.1, -0.05) is 30.3 Å². The lowest BCUT2D eigenvalue weighted by molar-refractivity contribution is 0.863. The number of benzene rings is 1. The highest BCUT2D eigenvalue weighted by Gasteiger charge is 2.06. The lowest BCUT2D eigenvalue weighted by Crippen LogP contribution is -2.22. The molecule has 1 aromatic carbocycles. The van der Waals surface area contributed by atoms with E-state index in [1.807, 2.05) is 24.5 Å². The summed E-state index contributed by atoms with van der Waals surface area (Å²) in [7, 11) is 2.09. The largest absolute Gasteiger partial charge is 0.374 e. The molecule has 0 saturated carbocycles. The summed E-state index contributed by atoms with van der Waals surface area (Å²) in [5, 5.41) is 0. The zero-order valence-corrected chi connectivity index (χ0v) is 10.7. The maximum absolute atomic E-state index is 5.73. The zero-order valence-electron chi connectivity index (χ0n) is 10.7. The normalized spacial score (nSPS) is 10.3. The minimum atomic E-state index is 0.527. The van der Waals surface area contributed by atoms with Crippen molar-refractivity contribution < 1.29 is 0 Å². The summed E-state index contributed by atoms with van der Waals surface area (Å²) >= 11 is 0. The first-order chi connectivity index (χ1) is 8.81. The number of aromatic nitrogens is 1. The minimum absolute atomic E-state index is 0.527. The van der Waals surface area contributed by atoms with Crippen LogP contribution in [0.15, 0.2) is 48.8 Å². The van der Waals surface area contributed by atoms with Gasteiger partial charge in [0.1, 0.15) is 0 Å². The highest BCUT2D eigenvalue weighted by atomic mass is 15.1. The Hall–Kier alpha value is -1.87. The third kappa shape index (κ3) is 3.08. The molecule has 1 heterocycles. The monoisotopic (exact) mass is 241 g/mol. The molecule has 3 heteroatoms. The Morgan fingerprint density at radius 1 is 1.17 bits per heavy atom. The van der Waals surface area contributed by atoms with Gasteiger partial charge in [-0.2, -0.15) is 0 Å². The quantitative estimate of drug-likeness (QED) is 0.872. The number of pyridine rings is 1. The van der Waals surface area contributed by atoms with Crippen LogP contribution in [0.1, 0.15) is 11.1 Å². The number of rotatable bonds is 5. The number of anilines is 1. The SMILES string of the molecule is CN(CCc1ccccc1)c1ccncc1CN. The topological polar surface area (TPSA) is 42.2 Å². The van der Waals surface area contributed by atoms with Crippen LogP contribution >= 0.6 is 0 Å². The summed E-state index contributed by atoms with van der Waals surface area (Å²) in [5.41, 5.74) is 9.34. The molecule has 0 fully saturated rings. The number of hydrogen-bond donors (Lipinski definition) is 1. The van der Waals surface area contributed by atoms with Crippen LogP contribution in [-0.2, 0) is 13.0 Å². The van der Waals surface area contributed by atoms with Gasteiger partial charge < -0.3 is 10.6 Å². The van der Waals surface area contributed by atoms with Gasteiger partial charge in [-0.05, 0) is 18.1 Å². The summed E-state index contributed by atoms with van der Waals surface area (Å²) in [5.74, 6) is 0. The fourth-order valence-corrected chi connectivity index (χ4v) is 2.01. The van der Waals surface area contributed by atoms with Crippen molar-refractivity contribution in [2.45, 2.75) is 13.0 Å². The van der Waals surface area contributed by atoms with Crippen LogP contribution in [0, 0.1) is 0 Å². The fourth-order valence-electron chi connectivity index (χ4n) is 2.01. The van der Waals surface area contributed by atoms with E-state index in [1.165, 1.54) is 11.3 Å².